The van der Waals surface area contributed by atoms with Gasteiger partial charge in [0.25, 0.3) is 0 Å². The van der Waals surface area contributed by atoms with Crippen LogP contribution in [0.2, 0.25) is 5.02 Å². The van der Waals surface area contributed by atoms with Crippen molar-refractivity contribution in [2.75, 3.05) is 13.1 Å². The second-order valence-electron chi connectivity index (χ2n) is 5.94. The van der Waals surface area contributed by atoms with Crippen molar-refractivity contribution < 1.29 is 4.39 Å². The highest BCUT2D eigenvalue weighted by molar-refractivity contribution is 6.30. The van der Waals surface area contributed by atoms with E-state index in [1.165, 1.54) is 18.9 Å². The van der Waals surface area contributed by atoms with E-state index in [0.29, 0.717) is 18.5 Å². The zero-order chi connectivity index (χ0) is 14.7. The first-order valence-electron chi connectivity index (χ1n) is 7.45. The second kappa shape index (κ2) is 6.88. The number of nitrogens with two attached hydrogens (primary N) is 1. The third-order valence-electron chi connectivity index (χ3n) is 4.30. The predicted octanol–water partition coefficient (Wildman–Crippen LogP) is 3.99. The van der Waals surface area contributed by atoms with Crippen LogP contribution in [-0.4, -0.2) is 24.0 Å². The molecule has 0 spiro atoms. The quantitative estimate of drug-likeness (QED) is 0.914. The maximum Gasteiger partial charge on any atom is 0.141 e. The Bertz CT molecular complexity index is 450. The molecule has 0 amide bonds. The minimum Gasteiger partial charge on any atom is -0.330 e. The van der Waals surface area contributed by atoms with Crippen LogP contribution in [0.3, 0.4) is 0 Å². The van der Waals surface area contributed by atoms with E-state index in [1.807, 2.05) is 6.07 Å². The van der Waals surface area contributed by atoms with Gasteiger partial charge in [-0.25, -0.2) is 4.39 Å². The van der Waals surface area contributed by atoms with Gasteiger partial charge in [-0.1, -0.05) is 24.1 Å². The largest absolute Gasteiger partial charge is 0.330 e. The molecule has 2 nitrogen and oxygen atoms in total. The maximum atomic E-state index is 13.4. The van der Waals surface area contributed by atoms with Crippen molar-refractivity contribution in [3.8, 4) is 0 Å². The first-order chi connectivity index (χ1) is 9.54. The number of likely N-dealkylation sites (tertiary alicyclic amines) is 1. The highest BCUT2D eigenvalue weighted by Gasteiger charge is 2.31. The average Bonchev–Trinajstić information content (AvgIpc) is 2.64. The standard InChI is InChI=1S/C16H24ClFN2/c1-11(2)20-8-4-3-5-13(10-19)16(20)12-6-7-15(18)14(17)9-12/h6-7,9,11,13,16H,3-5,8,10,19H2,1-2H3. The molecule has 0 radical (unpaired) electrons. The molecule has 1 aromatic rings. The summed E-state index contributed by atoms with van der Waals surface area (Å²) in [5.74, 6) is 0.0471. The van der Waals surface area contributed by atoms with Gasteiger partial charge in [0.05, 0.1) is 5.02 Å². The van der Waals surface area contributed by atoms with E-state index >= 15 is 0 Å². The lowest BCUT2D eigenvalue weighted by molar-refractivity contribution is 0.121. The Hall–Kier alpha value is -0.640. The first-order valence-corrected chi connectivity index (χ1v) is 7.83. The summed E-state index contributed by atoms with van der Waals surface area (Å²) in [5.41, 5.74) is 7.08. The lowest BCUT2D eigenvalue weighted by Gasteiger charge is -2.38. The van der Waals surface area contributed by atoms with Crippen LogP contribution in [0.5, 0.6) is 0 Å². The third kappa shape index (κ3) is 3.33. The van der Waals surface area contributed by atoms with Gasteiger partial charge in [0, 0.05) is 12.1 Å². The van der Waals surface area contributed by atoms with Crippen LogP contribution in [0.25, 0.3) is 0 Å². The first kappa shape index (κ1) is 15.7. The molecule has 1 aliphatic heterocycles. The molecule has 1 aliphatic rings. The lowest BCUT2D eigenvalue weighted by Crippen LogP contribution is -2.39. The molecule has 2 N–H and O–H groups in total. The van der Waals surface area contributed by atoms with E-state index < -0.39 is 0 Å². The summed E-state index contributed by atoms with van der Waals surface area (Å²) in [6, 6.07) is 5.77. The Morgan fingerprint density at radius 3 is 2.75 bits per heavy atom. The smallest absolute Gasteiger partial charge is 0.141 e. The molecule has 4 heteroatoms. The zero-order valence-corrected chi connectivity index (χ0v) is 13.0. The molecule has 2 atom stereocenters. The van der Waals surface area contributed by atoms with Crippen molar-refractivity contribution in [2.24, 2.45) is 11.7 Å². The monoisotopic (exact) mass is 298 g/mol. The van der Waals surface area contributed by atoms with Gasteiger partial charge < -0.3 is 5.73 Å². The number of hydrogen-bond donors (Lipinski definition) is 1. The highest BCUT2D eigenvalue weighted by atomic mass is 35.5. The SMILES string of the molecule is CC(C)N1CCCCC(CN)C1c1ccc(F)c(Cl)c1. The van der Waals surface area contributed by atoms with E-state index in [1.54, 1.807) is 6.07 Å². The second-order valence-corrected chi connectivity index (χ2v) is 6.35. The fourth-order valence-electron chi connectivity index (χ4n) is 3.25. The van der Waals surface area contributed by atoms with Crippen molar-refractivity contribution in [3.63, 3.8) is 0 Å². The zero-order valence-electron chi connectivity index (χ0n) is 12.3. The summed E-state index contributed by atoms with van der Waals surface area (Å²) in [7, 11) is 0. The molecular formula is C16H24ClFN2. The van der Waals surface area contributed by atoms with Crippen molar-refractivity contribution in [2.45, 2.75) is 45.2 Å². The van der Waals surface area contributed by atoms with Gasteiger partial charge in [-0.2, -0.15) is 0 Å². The number of hydrogen-bond acceptors (Lipinski definition) is 2. The summed E-state index contributed by atoms with van der Waals surface area (Å²) >= 11 is 5.97. The average molecular weight is 299 g/mol. The number of rotatable bonds is 3. The molecule has 0 bridgehead atoms. The Balaban J connectivity index is 2.40. The number of nitrogens with zero attached hydrogens (tertiary/aromatic N) is 1. The lowest BCUT2D eigenvalue weighted by atomic mass is 9.88. The minimum absolute atomic E-state index is 0.200. The molecule has 112 valence electrons. The van der Waals surface area contributed by atoms with Gasteiger partial charge >= 0.3 is 0 Å². The topological polar surface area (TPSA) is 29.3 Å². The summed E-state index contributed by atoms with van der Waals surface area (Å²) in [6.07, 6.45) is 3.52. The van der Waals surface area contributed by atoms with Gasteiger partial charge in [-0.05, 0) is 63.4 Å². The molecule has 0 aliphatic carbocycles. The van der Waals surface area contributed by atoms with E-state index in [0.717, 1.165) is 18.5 Å². The van der Waals surface area contributed by atoms with Crippen LogP contribution < -0.4 is 5.73 Å². The van der Waals surface area contributed by atoms with Gasteiger partial charge in [0.15, 0.2) is 0 Å². The third-order valence-corrected chi connectivity index (χ3v) is 4.59. The summed E-state index contributed by atoms with van der Waals surface area (Å²) < 4.78 is 13.4. The molecular weight excluding hydrogens is 275 g/mol. The van der Waals surface area contributed by atoms with Gasteiger partial charge in [-0.3, -0.25) is 4.90 Å². The molecule has 1 fully saturated rings. The van der Waals surface area contributed by atoms with Gasteiger partial charge in [0.1, 0.15) is 5.82 Å². The Labute approximate surface area is 126 Å². The molecule has 1 heterocycles. The Kier molecular flexibility index (Phi) is 5.42. The van der Waals surface area contributed by atoms with Gasteiger partial charge in [0.2, 0.25) is 0 Å². The van der Waals surface area contributed by atoms with E-state index in [2.05, 4.69) is 18.7 Å². The molecule has 1 saturated heterocycles. The Morgan fingerprint density at radius 1 is 1.40 bits per heavy atom. The fourth-order valence-corrected chi connectivity index (χ4v) is 3.44. The highest BCUT2D eigenvalue weighted by Crippen LogP contribution is 2.37. The maximum absolute atomic E-state index is 13.4. The van der Waals surface area contributed by atoms with Crippen LogP contribution in [-0.2, 0) is 0 Å². The minimum atomic E-state index is -0.357. The van der Waals surface area contributed by atoms with Crippen LogP contribution in [0, 0.1) is 11.7 Å². The number of halogens is 2. The summed E-state index contributed by atoms with van der Waals surface area (Å²) in [5, 5.41) is 0.200. The van der Waals surface area contributed by atoms with Crippen LogP contribution >= 0.6 is 11.6 Å². The Morgan fingerprint density at radius 2 is 2.15 bits per heavy atom. The van der Waals surface area contributed by atoms with E-state index in [9.17, 15) is 4.39 Å². The van der Waals surface area contributed by atoms with E-state index in [4.69, 9.17) is 17.3 Å². The molecule has 2 rings (SSSR count). The molecule has 1 aromatic carbocycles. The summed E-state index contributed by atoms with van der Waals surface area (Å²) in [6.45, 7) is 6.13. The van der Waals surface area contributed by atoms with Gasteiger partial charge in [-0.15, -0.1) is 0 Å². The molecule has 0 saturated carbocycles. The predicted molar refractivity (Wildman–Crippen MR) is 82.4 cm³/mol. The fraction of sp³-hybridized carbons (Fsp3) is 0.625. The molecule has 0 aromatic heterocycles. The van der Waals surface area contributed by atoms with Crippen molar-refractivity contribution in [1.29, 1.82) is 0 Å². The van der Waals surface area contributed by atoms with Crippen molar-refractivity contribution >= 4 is 11.6 Å². The normalized spacial score (nSPS) is 24.9. The molecule has 20 heavy (non-hydrogen) atoms. The van der Waals surface area contributed by atoms with E-state index in [-0.39, 0.29) is 16.9 Å². The van der Waals surface area contributed by atoms with Crippen molar-refractivity contribution in [3.05, 3.63) is 34.6 Å². The number of benzene rings is 1. The molecule has 2 unspecified atom stereocenters. The van der Waals surface area contributed by atoms with Crippen LogP contribution in [0.1, 0.15) is 44.7 Å². The van der Waals surface area contributed by atoms with Crippen LogP contribution in [0.15, 0.2) is 18.2 Å². The van der Waals surface area contributed by atoms with Crippen LogP contribution in [0.4, 0.5) is 4.39 Å². The van der Waals surface area contributed by atoms with Crippen molar-refractivity contribution in [1.82, 2.24) is 4.90 Å². The summed E-state index contributed by atoms with van der Waals surface area (Å²) in [4.78, 5) is 2.48.